The van der Waals surface area contributed by atoms with Crippen molar-refractivity contribution in [2.24, 2.45) is 0 Å². The van der Waals surface area contributed by atoms with Crippen molar-refractivity contribution < 1.29 is 4.52 Å². The monoisotopic (exact) mass is 251 g/mol. The van der Waals surface area contributed by atoms with Gasteiger partial charge in [-0.15, -0.1) is 0 Å². The molecular weight excluding hydrogens is 226 g/mol. The maximum atomic E-state index is 5.29. The van der Waals surface area contributed by atoms with Gasteiger partial charge in [0.05, 0.1) is 5.69 Å². The first-order valence-corrected chi connectivity index (χ1v) is 7.03. The van der Waals surface area contributed by atoms with Gasteiger partial charge in [0.2, 0.25) is 0 Å². The minimum absolute atomic E-state index is 0.401. The molecule has 0 radical (unpaired) electrons. The second-order valence-corrected chi connectivity index (χ2v) is 5.31. The van der Waals surface area contributed by atoms with Crippen LogP contribution in [-0.4, -0.2) is 35.7 Å². The molecule has 4 heteroatoms. The molecule has 1 aromatic rings. The molecule has 1 aromatic heterocycles. The molecule has 2 unspecified atom stereocenters. The molecule has 1 saturated heterocycles. The minimum Gasteiger partial charge on any atom is -0.361 e. The maximum absolute atomic E-state index is 5.29. The highest BCUT2D eigenvalue weighted by Crippen LogP contribution is 2.28. The Bertz CT molecular complexity index is 367. The van der Waals surface area contributed by atoms with Gasteiger partial charge in [-0.05, 0) is 46.7 Å². The Balaban J connectivity index is 2.06. The van der Waals surface area contributed by atoms with E-state index >= 15 is 0 Å². The van der Waals surface area contributed by atoms with E-state index in [-0.39, 0.29) is 0 Å². The van der Waals surface area contributed by atoms with Gasteiger partial charge in [0.25, 0.3) is 0 Å². The standard InChI is InChI=1S/C14H25N3O/c1-5-15-13-7-6-8-17(9-13)11(3)14-10(2)16-18-12(14)4/h11,13,15H,5-9H2,1-4H3. The molecule has 2 heterocycles. The molecule has 102 valence electrons. The van der Waals surface area contributed by atoms with Crippen LogP contribution in [0.5, 0.6) is 0 Å². The van der Waals surface area contributed by atoms with Crippen molar-refractivity contribution in [2.45, 2.75) is 52.6 Å². The summed E-state index contributed by atoms with van der Waals surface area (Å²) >= 11 is 0. The third kappa shape index (κ3) is 2.75. The van der Waals surface area contributed by atoms with Gasteiger partial charge in [-0.25, -0.2) is 0 Å². The first-order valence-electron chi connectivity index (χ1n) is 7.03. The largest absolute Gasteiger partial charge is 0.361 e. The van der Waals surface area contributed by atoms with E-state index in [2.05, 4.69) is 29.2 Å². The fourth-order valence-corrected chi connectivity index (χ4v) is 3.08. The fourth-order valence-electron chi connectivity index (χ4n) is 3.08. The predicted octanol–water partition coefficient (Wildman–Crippen LogP) is 2.43. The average molecular weight is 251 g/mol. The lowest BCUT2D eigenvalue weighted by Crippen LogP contribution is -2.46. The molecular formula is C14H25N3O. The molecule has 0 aliphatic carbocycles. The molecule has 2 atom stereocenters. The van der Waals surface area contributed by atoms with Gasteiger partial charge < -0.3 is 9.84 Å². The van der Waals surface area contributed by atoms with Gasteiger partial charge in [0, 0.05) is 24.2 Å². The molecule has 0 bridgehead atoms. The molecule has 1 fully saturated rings. The molecule has 4 nitrogen and oxygen atoms in total. The van der Waals surface area contributed by atoms with Crippen LogP contribution in [0.15, 0.2) is 4.52 Å². The Morgan fingerprint density at radius 3 is 2.89 bits per heavy atom. The van der Waals surface area contributed by atoms with E-state index in [1.54, 1.807) is 0 Å². The quantitative estimate of drug-likeness (QED) is 0.892. The Morgan fingerprint density at radius 1 is 1.50 bits per heavy atom. The number of likely N-dealkylation sites (tertiary alicyclic amines) is 1. The number of nitrogens with one attached hydrogen (secondary N) is 1. The van der Waals surface area contributed by atoms with Crippen LogP contribution >= 0.6 is 0 Å². The number of aromatic nitrogens is 1. The minimum atomic E-state index is 0.401. The van der Waals surface area contributed by atoms with Crippen LogP contribution in [0.4, 0.5) is 0 Å². The van der Waals surface area contributed by atoms with Crippen molar-refractivity contribution in [3.63, 3.8) is 0 Å². The molecule has 18 heavy (non-hydrogen) atoms. The summed E-state index contributed by atoms with van der Waals surface area (Å²) in [5.74, 6) is 0.963. The first kappa shape index (κ1) is 13.6. The fraction of sp³-hybridized carbons (Fsp3) is 0.786. The van der Waals surface area contributed by atoms with Crippen LogP contribution < -0.4 is 5.32 Å². The third-order valence-electron chi connectivity index (χ3n) is 4.00. The van der Waals surface area contributed by atoms with Crippen LogP contribution in [0.1, 0.15) is 49.7 Å². The van der Waals surface area contributed by atoms with Crippen molar-refractivity contribution in [2.75, 3.05) is 19.6 Å². The van der Waals surface area contributed by atoms with Gasteiger partial charge in [0.1, 0.15) is 5.76 Å². The highest BCUT2D eigenvalue weighted by Gasteiger charge is 2.27. The third-order valence-corrected chi connectivity index (χ3v) is 4.00. The highest BCUT2D eigenvalue weighted by molar-refractivity contribution is 5.24. The van der Waals surface area contributed by atoms with Crippen LogP contribution in [-0.2, 0) is 0 Å². The van der Waals surface area contributed by atoms with Crippen molar-refractivity contribution in [1.82, 2.24) is 15.4 Å². The summed E-state index contributed by atoms with van der Waals surface area (Å²) in [5, 5.41) is 7.63. The van der Waals surface area contributed by atoms with Gasteiger partial charge in [0.15, 0.2) is 0 Å². The summed E-state index contributed by atoms with van der Waals surface area (Å²) in [6.45, 7) is 11.8. The highest BCUT2D eigenvalue weighted by atomic mass is 16.5. The molecule has 1 aliphatic rings. The molecule has 1 N–H and O–H groups in total. The SMILES string of the molecule is CCNC1CCCN(C(C)c2c(C)noc2C)C1. The van der Waals surface area contributed by atoms with E-state index in [0.717, 1.165) is 24.5 Å². The summed E-state index contributed by atoms with van der Waals surface area (Å²) < 4.78 is 5.29. The zero-order valence-electron chi connectivity index (χ0n) is 12.0. The van der Waals surface area contributed by atoms with E-state index in [1.807, 2.05) is 13.8 Å². The second-order valence-electron chi connectivity index (χ2n) is 5.31. The summed E-state index contributed by atoms with van der Waals surface area (Å²) in [5.41, 5.74) is 2.30. The number of aryl methyl sites for hydroxylation is 2. The predicted molar refractivity (Wildman–Crippen MR) is 72.7 cm³/mol. The van der Waals surface area contributed by atoms with Crippen molar-refractivity contribution in [3.8, 4) is 0 Å². The van der Waals surface area contributed by atoms with E-state index in [9.17, 15) is 0 Å². The lowest BCUT2D eigenvalue weighted by molar-refractivity contribution is 0.145. The summed E-state index contributed by atoms with van der Waals surface area (Å²) in [6, 6.07) is 1.03. The van der Waals surface area contributed by atoms with Gasteiger partial charge in [-0.3, -0.25) is 4.90 Å². The number of hydrogen-bond donors (Lipinski definition) is 1. The number of piperidine rings is 1. The van der Waals surface area contributed by atoms with E-state index in [0.29, 0.717) is 12.1 Å². The van der Waals surface area contributed by atoms with Crippen molar-refractivity contribution >= 4 is 0 Å². The van der Waals surface area contributed by atoms with E-state index in [4.69, 9.17) is 4.52 Å². The molecule has 2 rings (SSSR count). The van der Waals surface area contributed by atoms with Gasteiger partial charge in [-0.2, -0.15) is 0 Å². The van der Waals surface area contributed by atoms with Gasteiger partial charge in [-0.1, -0.05) is 12.1 Å². The average Bonchev–Trinajstić information content (AvgIpc) is 2.69. The van der Waals surface area contributed by atoms with Gasteiger partial charge >= 0.3 is 0 Å². The van der Waals surface area contributed by atoms with Crippen molar-refractivity contribution in [1.29, 1.82) is 0 Å². The number of likely N-dealkylation sites (N-methyl/N-ethyl adjacent to an activating group) is 1. The van der Waals surface area contributed by atoms with E-state index < -0.39 is 0 Å². The van der Waals surface area contributed by atoms with Crippen LogP contribution in [0.2, 0.25) is 0 Å². The zero-order valence-corrected chi connectivity index (χ0v) is 12.0. The molecule has 0 saturated carbocycles. The number of rotatable bonds is 4. The summed E-state index contributed by atoms with van der Waals surface area (Å²) in [7, 11) is 0. The smallest absolute Gasteiger partial charge is 0.138 e. The maximum Gasteiger partial charge on any atom is 0.138 e. The van der Waals surface area contributed by atoms with Crippen LogP contribution in [0.25, 0.3) is 0 Å². The lowest BCUT2D eigenvalue weighted by Gasteiger charge is -2.37. The van der Waals surface area contributed by atoms with Crippen molar-refractivity contribution in [3.05, 3.63) is 17.0 Å². The van der Waals surface area contributed by atoms with Crippen LogP contribution in [0.3, 0.4) is 0 Å². The molecule has 0 aromatic carbocycles. The Morgan fingerprint density at radius 2 is 2.28 bits per heavy atom. The summed E-state index contributed by atoms with van der Waals surface area (Å²) in [6.07, 6.45) is 2.56. The Hall–Kier alpha value is -0.870. The molecule has 0 amide bonds. The van der Waals surface area contributed by atoms with E-state index in [1.165, 1.54) is 24.9 Å². The summed E-state index contributed by atoms with van der Waals surface area (Å²) in [4.78, 5) is 2.54. The van der Waals surface area contributed by atoms with Crippen LogP contribution in [0, 0.1) is 13.8 Å². The first-order chi connectivity index (χ1) is 8.63. The Kier molecular flexibility index (Phi) is 4.40. The second kappa shape index (κ2) is 5.85. The molecule has 1 aliphatic heterocycles. The topological polar surface area (TPSA) is 41.3 Å². The Labute approximate surface area is 110 Å². The normalized spacial score (nSPS) is 23.2. The molecule has 0 spiro atoms. The lowest BCUT2D eigenvalue weighted by atomic mass is 9.99. The zero-order chi connectivity index (χ0) is 13.1. The number of hydrogen-bond acceptors (Lipinski definition) is 4. The number of nitrogens with zero attached hydrogens (tertiary/aromatic N) is 2.